The molecule has 1 N–H and O–H groups in total. The molecule has 0 aliphatic carbocycles. The summed E-state index contributed by atoms with van der Waals surface area (Å²) < 4.78 is 1.24. The molecule has 0 saturated heterocycles. The maximum Gasteiger partial charge on any atom is 0.0210 e. The first-order valence-electron chi connectivity index (χ1n) is 6.04. The molecule has 1 aromatic carbocycles. The van der Waals surface area contributed by atoms with E-state index in [1.807, 2.05) is 7.05 Å². The molecule has 0 aliphatic rings. The molecule has 90 valence electrons. The van der Waals surface area contributed by atoms with E-state index in [0.29, 0.717) is 5.92 Å². The standard InChI is InChI=1S/C14H22BrN/c1-11(2)8-9-12(10-16-3)13-6-4-5-7-14(13)15/h4-7,11-12,16H,8-10H2,1-3H3. The van der Waals surface area contributed by atoms with E-state index in [1.54, 1.807) is 0 Å². The topological polar surface area (TPSA) is 12.0 Å². The molecule has 0 aliphatic heterocycles. The zero-order chi connectivity index (χ0) is 12.0. The molecule has 0 amide bonds. The summed E-state index contributed by atoms with van der Waals surface area (Å²) in [4.78, 5) is 0. The van der Waals surface area contributed by atoms with E-state index in [1.165, 1.54) is 22.9 Å². The van der Waals surface area contributed by atoms with Crippen LogP contribution in [-0.4, -0.2) is 13.6 Å². The van der Waals surface area contributed by atoms with Crippen molar-refractivity contribution < 1.29 is 0 Å². The average molecular weight is 284 g/mol. The Hall–Kier alpha value is -0.340. The van der Waals surface area contributed by atoms with Crippen molar-refractivity contribution in [2.24, 2.45) is 5.92 Å². The first-order chi connectivity index (χ1) is 7.65. The van der Waals surface area contributed by atoms with Gasteiger partial charge in [0, 0.05) is 11.0 Å². The van der Waals surface area contributed by atoms with Crippen LogP contribution in [-0.2, 0) is 0 Å². The molecular weight excluding hydrogens is 262 g/mol. The van der Waals surface area contributed by atoms with Crippen molar-refractivity contribution in [3.05, 3.63) is 34.3 Å². The lowest BCUT2D eigenvalue weighted by Crippen LogP contribution is -2.18. The van der Waals surface area contributed by atoms with Crippen LogP contribution >= 0.6 is 15.9 Å². The van der Waals surface area contributed by atoms with Crippen molar-refractivity contribution in [1.82, 2.24) is 5.32 Å². The lowest BCUT2D eigenvalue weighted by Gasteiger charge is -2.19. The fraction of sp³-hybridized carbons (Fsp3) is 0.571. The van der Waals surface area contributed by atoms with E-state index in [-0.39, 0.29) is 0 Å². The van der Waals surface area contributed by atoms with Gasteiger partial charge in [-0.1, -0.05) is 54.4 Å². The first-order valence-corrected chi connectivity index (χ1v) is 6.83. The third-order valence-corrected chi connectivity index (χ3v) is 3.61. The molecular formula is C14H22BrN. The van der Waals surface area contributed by atoms with Crippen molar-refractivity contribution in [2.75, 3.05) is 13.6 Å². The molecule has 1 unspecified atom stereocenters. The van der Waals surface area contributed by atoms with Crippen LogP contribution in [0.15, 0.2) is 28.7 Å². The van der Waals surface area contributed by atoms with Crippen LogP contribution < -0.4 is 5.32 Å². The number of halogens is 1. The third-order valence-electron chi connectivity index (χ3n) is 2.89. The second-order valence-electron chi connectivity index (χ2n) is 4.75. The summed E-state index contributed by atoms with van der Waals surface area (Å²) >= 11 is 3.65. The predicted octanol–water partition coefficient (Wildman–Crippen LogP) is 4.19. The summed E-state index contributed by atoms with van der Waals surface area (Å²) in [6, 6.07) is 8.56. The van der Waals surface area contributed by atoms with Crippen molar-refractivity contribution in [1.29, 1.82) is 0 Å². The van der Waals surface area contributed by atoms with Gasteiger partial charge in [0.2, 0.25) is 0 Å². The summed E-state index contributed by atoms with van der Waals surface area (Å²) in [5.74, 6) is 1.39. The van der Waals surface area contributed by atoms with E-state index in [4.69, 9.17) is 0 Å². The second-order valence-corrected chi connectivity index (χ2v) is 5.60. The Labute approximate surface area is 108 Å². The number of likely N-dealkylation sites (N-methyl/N-ethyl adjacent to an activating group) is 1. The van der Waals surface area contributed by atoms with Gasteiger partial charge in [-0.3, -0.25) is 0 Å². The molecule has 1 atom stereocenters. The van der Waals surface area contributed by atoms with Gasteiger partial charge in [0.25, 0.3) is 0 Å². The van der Waals surface area contributed by atoms with Crippen LogP contribution in [0.4, 0.5) is 0 Å². The van der Waals surface area contributed by atoms with Crippen molar-refractivity contribution in [2.45, 2.75) is 32.6 Å². The minimum absolute atomic E-state index is 0.614. The molecule has 0 bridgehead atoms. The molecule has 2 heteroatoms. The summed E-state index contributed by atoms with van der Waals surface area (Å²) in [7, 11) is 2.03. The molecule has 1 rings (SSSR count). The molecule has 16 heavy (non-hydrogen) atoms. The van der Waals surface area contributed by atoms with E-state index in [2.05, 4.69) is 59.4 Å². The Morgan fingerprint density at radius 2 is 1.88 bits per heavy atom. The fourth-order valence-electron chi connectivity index (χ4n) is 1.95. The van der Waals surface area contributed by atoms with Gasteiger partial charge in [-0.15, -0.1) is 0 Å². The third kappa shape index (κ3) is 4.26. The Balaban J connectivity index is 2.73. The maximum atomic E-state index is 3.65. The van der Waals surface area contributed by atoms with Crippen LogP contribution in [0.2, 0.25) is 0 Å². The molecule has 0 radical (unpaired) electrons. The summed E-state index contributed by atoms with van der Waals surface area (Å²) in [6.07, 6.45) is 2.54. The summed E-state index contributed by atoms with van der Waals surface area (Å²) in [6.45, 7) is 5.63. The van der Waals surface area contributed by atoms with Gasteiger partial charge in [-0.2, -0.15) is 0 Å². The molecule has 1 aromatic rings. The van der Waals surface area contributed by atoms with E-state index < -0.39 is 0 Å². The molecule has 0 aromatic heterocycles. The maximum absolute atomic E-state index is 3.65. The number of nitrogens with one attached hydrogen (secondary N) is 1. The quantitative estimate of drug-likeness (QED) is 0.826. The highest BCUT2D eigenvalue weighted by molar-refractivity contribution is 9.10. The second kappa shape index (κ2) is 7.08. The highest BCUT2D eigenvalue weighted by atomic mass is 79.9. The molecule has 0 spiro atoms. The van der Waals surface area contributed by atoms with Crippen LogP contribution in [0.25, 0.3) is 0 Å². The van der Waals surface area contributed by atoms with Gasteiger partial charge in [0.05, 0.1) is 0 Å². The van der Waals surface area contributed by atoms with Gasteiger partial charge in [-0.25, -0.2) is 0 Å². The predicted molar refractivity (Wildman–Crippen MR) is 74.9 cm³/mol. The minimum atomic E-state index is 0.614. The molecule has 1 nitrogen and oxygen atoms in total. The lowest BCUT2D eigenvalue weighted by molar-refractivity contribution is 0.486. The Morgan fingerprint density at radius 3 is 2.44 bits per heavy atom. The van der Waals surface area contributed by atoms with Gasteiger partial charge in [-0.05, 0) is 36.9 Å². The van der Waals surface area contributed by atoms with Crippen LogP contribution in [0.1, 0.15) is 38.2 Å². The van der Waals surface area contributed by atoms with Crippen molar-refractivity contribution in [3.8, 4) is 0 Å². The Morgan fingerprint density at radius 1 is 1.19 bits per heavy atom. The highest BCUT2D eigenvalue weighted by Crippen LogP contribution is 2.28. The molecule has 0 heterocycles. The van der Waals surface area contributed by atoms with E-state index in [9.17, 15) is 0 Å². The summed E-state index contributed by atoms with van der Waals surface area (Å²) in [5, 5.41) is 3.30. The van der Waals surface area contributed by atoms with Crippen LogP contribution in [0.5, 0.6) is 0 Å². The zero-order valence-electron chi connectivity index (χ0n) is 10.5. The first kappa shape index (κ1) is 13.7. The lowest BCUT2D eigenvalue weighted by atomic mass is 9.91. The number of hydrogen-bond donors (Lipinski definition) is 1. The zero-order valence-corrected chi connectivity index (χ0v) is 12.0. The Kier molecular flexibility index (Phi) is 6.07. The molecule has 0 saturated carbocycles. The van der Waals surface area contributed by atoms with E-state index in [0.717, 1.165) is 12.5 Å². The smallest absolute Gasteiger partial charge is 0.0210 e. The number of benzene rings is 1. The average Bonchev–Trinajstić information content (AvgIpc) is 2.25. The largest absolute Gasteiger partial charge is 0.319 e. The molecule has 0 fully saturated rings. The van der Waals surface area contributed by atoms with Gasteiger partial charge < -0.3 is 5.32 Å². The number of hydrogen-bond acceptors (Lipinski definition) is 1. The van der Waals surface area contributed by atoms with Crippen LogP contribution in [0.3, 0.4) is 0 Å². The minimum Gasteiger partial charge on any atom is -0.319 e. The SMILES string of the molecule is CNCC(CCC(C)C)c1ccccc1Br. The van der Waals surface area contributed by atoms with E-state index >= 15 is 0 Å². The fourth-order valence-corrected chi connectivity index (χ4v) is 2.56. The van der Waals surface area contributed by atoms with Gasteiger partial charge in [0.15, 0.2) is 0 Å². The van der Waals surface area contributed by atoms with Crippen molar-refractivity contribution >= 4 is 15.9 Å². The van der Waals surface area contributed by atoms with Crippen LogP contribution in [0, 0.1) is 5.92 Å². The monoisotopic (exact) mass is 283 g/mol. The normalized spacial score (nSPS) is 13.1. The Bertz CT molecular complexity index is 309. The highest BCUT2D eigenvalue weighted by Gasteiger charge is 2.13. The van der Waals surface area contributed by atoms with Gasteiger partial charge in [0.1, 0.15) is 0 Å². The van der Waals surface area contributed by atoms with Gasteiger partial charge >= 0.3 is 0 Å². The number of rotatable bonds is 6. The summed E-state index contributed by atoms with van der Waals surface area (Å²) in [5.41, 5.74) is 1.43. The van der Waals surface area contributed by atoms with Crippen molar-refractivity contribution in [3.63, 3.8) is 0 Å².